The molecule has 178 valence electrons. The molecule has 1 fully saturated rings. The molecule has 1 aliphatic rings. The number of hydrogen-bond donors (Lipinski definition) is 1. The van der Waals surface area contributed by atoms with Gasteiger partial charge in [-0.1, -0.05) is 30.7 Å². The second-order valence-corrected chi connectivity index (χ2v) is 10.7. The second kappa shape index (κ2) is 10.9. The fourth-order valence-corrected chi connectivity index (χ4v) is 5.20. The van der Waals surface area contributed by atoms with Gasteiger partial charge < -0.3 is 10.2 Å². The van der Waals surface area contributed by atoms with Gasteiger partial charge in [0.1, 0.15) is 0 Å². The largest absolute Gasteiger partial charge is 0.352 e. The molecule has 33 heavy (non-hydrogen) atoms. The Morgan fingerprint density at radius 3 is 2.09 bits per heavy atom. The molecule has 3 rings (SSSR count). The van der Waals surface area contributed by atoms with Crippen molar-refractivity contribution in [2.24, 2.45) is 0 Å². The molecule has 0 saturated carbocycles. The lowest BCUT2D eigenvalue weighted by molar-refractivity contribution is -0.120. The zero-order chi connectivity index (χ0) is 24.0. The van der Waals surface area contributed by atoms with Crippen LogP contribution in [0.3, 0.4) is 0 Å². The van der Waals surface area contributed by atoms with E-state index in [1.165, 1.54) is 4.31 Å². The van der Waals surface area contributed by atoms with Gasteiger partial charge >= 0.3 is 0 Å². The van der Waals surface area contributed by atoms with Gasteiger partial charge in [0.05, 0.1) is 11.3 Å². The Kier molecular flexibility index (Phi) is 8.26. The Labute approximate surface area is 196 Å². The van der Waals surface area contributed by atoms with Gasteiger partial charge in [0, 0.05) is 38.3 Å². The molecule has 2 aromatic rings. The van der Waals surface area contributed by atoms with Crippen LogP contribution in [-0.2, 0) is 27.8 Å². The lowest BCUT2D eigenvalue weighted by atomic mass is 10.1. The minimum Gasteiger partial charge on any atom is -0.352 e. The van der Waals surface area contributed by atoms with Crippen molar-refractivity contribution in [3.05, 3.63) is 65.2 Å². The highest BCUT2D eigenvalue weighted by Crippen LogP contribution is 2.21. The van der Waals surface area contributed by atoms with Crippen LogP contribution in [-0.4, -0.2) is 55.6 Å². The summed E-state index contributed by atoms with van der Waals surface area (Å²) in [5, 5.41) is 2.87. The van der Waals surface area contributed by atoms with Crippen LogP contribution in [0.25, 0.3) is 0 Å². The molecule has 0 spiro atoms. The third-order valence-corrected chi connectivity index (χ3v) is 7.94. The van der Waals surface area contributed by atoms with Gasteiger partial charge in [-0.05, 0) is 62.1 Å². The average Bonchev–Trinajstić information content (AvgIpc) is 2.83. The van der Waals surface area contributed by atoms with Crippen LogP contribution in [0.2, 0.25) is 0 Å². The summed E-state index contributed by atoms with van der Waals surface area (Å²) in [6.07, 6.45) is 3.02. The number of rotatable bonds is 8. The summed E-state index contributed by atoms with van der Waals surface area (Å²) in [4.78, 5) is 26.7. The number of sulfonamides is 1. The number of nitrogens with zero attached hydrogens (tertiary/aromatic N) is 2. The number of carbonyl (C=O) groups is 2. The summed E-state index contributed by atoms with van der Waals surface area (Å²) in [5.41, 5.74) is 2.26. The quantitative estimate of drug-likeness (QED) is 0.641. The molecule has 8 heteroatoms. The maximum atomic E-state index is 12.7. The second-order valence-electron chi connectivity index (χ2n) is 8.77. The van der Waals surface area contributed by atoms with Gasteiger partial charge in [-0.2, -0.15) is 4.31 Å². The third kappa shape index (κ3) is 6.42. The normalized spacial score (nSPS) is 14.8. The van der Waals surface area contributed by atoms with Gasteiger partial charge in [0.15, 0.2) is 0 Å². The average molecular weight is 472 g/mol. The maximum absolute atomic E-state index is 12.7. The molecule has 1 heterocycles. The van der Waals surface area contributed by atoms with Crippen molar-refractivity contribution in [2.75, 3.05) is 20.1 Å². The summed E-state index contributed by atoms with van der Waals surface area (Å²) in [6.45, 7) is 5.41. The Bertz CT molecular complexity index is 1060. The van der Waals surface area contributed by atoms with Crippen LogP contribution < -0.4 is 5.32 Å². The monoisotopic (exact) mass is 471 g/mol. The van der Waals surface area contributed by atoms with Crippen LogP contribution in [0.5, 0.6) is 0 Å². The molecule has 1 saturated heterocycles. The number of hydrogen-bond acceptors (Lipinski definition) is 4. The highest BCUT2D eigenvalue weighted by Gasteiger charge is 2.25. The van der Waals surface area contributed by atoms with Gasteiger partial charge in [-0.3, -0.25) is 9.59 Å². The molecule has 2 amide bonds. The van der Waals surface area contributed by atoms with E-state index in [1.54, 1.807) is 48.3 Å². The van der Waals surface area contributed by atoms with Crippen LogP contribution in [0.1, 0.15) is 54.6 Å². The SMILES string of the molecule is CC(C)N(C)C(=O)c1ccc(CNC(=O)Cc2ccc(S(=O)(=O)N3CCCCC3)cc2)cc1. The van der Waals surface area contributed by atoms with E-state index in [4.69, 9.17) is 0 Å². The minimum atomic E-state index is -3.47. The molecule has 7 nitrogen and oxygen atoms in total. The summed E-state index contributed by atoms with van der Waals surface area (Å²) in [7, 11) is -1.69. The van der Waals surface area contributed by atoms with Gasteiger partial charge in [0.25, 0.3) is 5.91 Å². The molecule has 1 aliphatic heterocycles. The predicted molar refractivity (Wildman–Crippen MR) is 128 cm³/mol. The van der Waals surface area contributed by atoms with Crippen LogP contribution in [0, 0.1) is 0 Å². The standard InChI is InChI=1S/C25H33N3O4S/c1-19(2)27(3)25(30)22-11-7-21(8-12-22)18-26-24(29)17-20-9-13-23(14-10-20)33(31,32)28-15-5-4-6-16-28/h7-14,19H,4-6,15-18H2,1-3H3,(H,26,29). The minimum absolute atomic E-state index is 0.0358. The van der Waals surface area contributed by atoms with E-state index in [-0.39, 0.29) is 29.2 Å². The lowest BCUT2D eigenvalue weighted by Crippen LogP contribution is -2.35. The van der Waals surface area contributed by atoms with Crippen molar-refractivity contribution >= 4 is 21.8 Å². The van der Waals surface area contributed by atoms with E-state index in [2.05, 4.69) is 5.32 Å². The zero-order valence-electron chi connectivity index (χ0n) is 19.6. The number of benzene rings is 2. The zero-order valence-corrected chi connectivity index (χ0v) is 20.4. The summed E-state index contributed by atoms with van der Waals surface area (Å²) >= 11 is 0. The molecule has 0 radical (unpaired) electrons. The third-order valence-electron chi connectivity index (χ3n) is 6.03. The molecule has 2 aromatic carbocycles. The fourth-order valence-electron chi connectivity index (χ4n) is 3.69. The van der Waals surface area contributed by atoms with Crippen molar-refractivity contribution in [3.8, 4) is 0 Å². The molecule has 0 bridgehead atoms. The molecule has 0 atom stereocenters. The number of amides is 2. The summed E-state index contributed by atoms with van der Waals surface area (Å²) in [6, 6.07) is 13.9. The Hall–Kier alpha value is -2.71. The van der Waals surface area contributed by atoms with E-state index in [1.807, 2.05) is 26.0 Å². The van der Waals surface area contributed by atoms with Crippen molar-refractivity contribution in [3.63, 3.8) is 0 Å². The number of carbonyl (C=O) groups excluding carboxylic acids is 2. The predicted octanol–water partition coefficient (Wildman–Crippen LogP) is 3.20. The molecule has 0 unspecified atom stereocenters. The summed E-state index contributed by atoms with van der Waals surface area (Å²) in [5.74, 6) is -0.187. The molecular weight excluding hydrogens is 438 g/mol. The first-order valence-corrected chi connectivity index (χ1v) is 12.8. The van der Waals surface area contributed by atoms with Crippen molar-refractivity contribution in [2.45, 2.75) is 57.0 Å². The molecule has 1 N–H and O–H groups in total. The van der Waals surface area contributed by atoms with Crippen LogP contribution in [0.15, 0.2) is 53.4 Å². The first-order valence-electron chi connectivity index (χ1n) is 11.4. The van der Waals surface area contributed by atoms with E-state index in [9.17, 15) is 18.0 Å². The van der Waals surface area contributed by atoms with Crippen molar-refractivity contribution in [1.82, 2.24) is 14.5 Å². The van der Waals surface area contributed by atoms with E-state index >= 15 is 0 Å². The van der Waals surface area contributed by atoms with E-state index in [0.717, 1.165) is 30.4 Å². The summed E-state index contributed by atoms with van der Waals surface area (Å²) < 4.78 is 27.0. The van der Waals surface area contributed by atoms with Gasteiger partial charge in [-0.15, -0.1) is 0 Å². The van der Waals surface area contributed by atoms with Crippen molar-refractivity contribution < 1.29 is 18.0 Å². The fraction of sp³-hybridized carbons (Fsp3) is 0.440. The van der Waals surface area contributed by atoms with Gasteiger partial charge in [0.2, 0.25) is 15.9 Å². The number of piperidine rings is 1. The topological polar surface area (TPSA) is 86.8 Å². The van der Waals surface area contributed by atoms with E-state index in [0.29, 0.717) is 25.2 Å². The maximum Gasteiger partial charge on any atom is 0.253 e. The molecular formula is C25H33N3O4S. The Morgan fingerprint density at radius 1 is 0.939 bits per heavy atom. The first kappa shape index (κ1) is 24.9. The Balaban J connectivity index is 1.52. The van der Waals surface area contributed by atoms with Crippen LogP contribution in [0.4, 0.5) is 0 Å². The number of nitrogens with one attached hydrogen (secondary N) is 1. The highest BCUT2D eigenvalue weighted by atomic mass is 32.2. The highest BCUT2D eigenvalue weighted by molar-refractivity contribution is 7.89. The Morgan fingerprint density at radius 2 is 1.52 bits per heavy atom. The van der Waals surface area contributed by atoms with Crippen molar-refractivity contribution in [1.29, 1.82) is 0 Å². The molecule has 0 aromatic heterocycles. The first-order chi connectivity index (χ1) is 15.7. The molecule has 0 aliphatic carbocycles. The lowest BCUT2D eigenvalue weighted by Gasteiger charge is -2.25. The van der Waals surface area contributed by atoms with Gasteiger partial charge in [-0.25, -0.2) is 8.42 Å². The smallest absolute Gasteiger partial charge is 0.253 e. The van der Waals surface area contributed by atoms with Crippen LogP contribution >= 0.6 is 0 Å². The van der Waals surface area contributed by atoms with E-state index < -0.39 is 10.0 Å².